The van der Waals surface area contributed by atoms with Crippen LogP contribution in [-0.4, -0.2) is 15.0 Å². The van der Waals surface area contributed by atoms with E-state index in [0.29, 0.717) is 15.0 Å². The minimum atomic E-state index is 0.657. The predicted molar refractivity (Wildman–Crippen MR) is 63.2 cm³/mol. The molecule has 0 saturated heterocycles. The third kappa shape index (κ3) is 2.73. The van der Waals surface area contributed by atoms with Gasteiger partial charge in [-0.15, -0.1) is 0 Å². The molecule has 1 aromatic rings. The van der Waals surface area contributed by atoms with E-state index in [9.17, 15) is 0 Å². The van der Waals surface area contributed by atoms with Gasteiger partial charge < -0.3 is 0 Å². The molecule has 1 fully saturated rings. The summed E-state index contributed by atoms with van der Waals surface area (Å²) in [4.78, 5) is 0.908. The Labute approximate surface area is 92.6 Å². The molecule has 0 amide bonds. The van der Waals surface area contributed by atoms with E-state index in [1.54, 1.807) is 4.46 Å². The van der Waals surface area contributed by atoms with E-state index in [4.69, 9.17) is 0 Å². The number of allylic oxidation sites excluding steroid dienone is 1. The van der Waals surface area contributed by atoms with Gasteiger partial charge in [0.1, 0.15) is 0 Å². The number of rotatable bonds is 2. The van der Waals surface area contributed by atoms with Crippen molar-refractivity contribution >= 4 is 19.4 Å². The van der Waals surface area contributed by atoms with Gasteiger partial charge in [-0.05, 0) is 0 Å². The summed E-state index contributed by atoms with van der Waals surface area (Å²) in [6.07, 6.45) is 5.31. The van der Waals surface area contributed by atoms with Crippen molar-refractivity contribution < 1.29 is 0 Å². The van der Waals surface area contributed by atoms with Crippen LogP contribution in [0.5, 0.6) is 0 Å². The third-order valence-corrected chi connectivity index (χ3v) is 5.30. The zero-order valence-corrected chi connectivity index (χ0v) is 10.1. The van der Waals surface area contributed by atoms with Crippen molar-refractivity contribution in [2.45, 2.75) is 30.5 Å². The molecule has 0 aliphatic heterocycles. The van der Waals surface area contributed by atoms with Crippen LogP contribution < -0.4 is 4.46 Å². The van der Waals surface area contributed by atoms with Gasteiger partial charge in [-0.25, -0.2) is 0 Å². The van der Waals surface area contributed by atoms with Crippen molar-refractivity contribution in [3.05, 3.63) is 42.5 Å². The Hall–Kier alpha value is -0.521. The van der Waals surface area contributed by atoms with Crippen molar-refractivity contribution in [2.75, 3.05) is 0 Å². The summed E-state index contributed by atoms with van der Waals surface area (Å²) in [5.74, 6) is 0. The zero-order valence-electron chi connectivity index (χ0n) is 8.41. The van der Waals surface area contributed by atoms with Crippen LogP contribution in [0.4, 0.5) is 0 Å². The molecule has 1 unspecified atom stereocenters. The maximum atomic E-state index is 4.12. The quantitative estimate of drug-likeness (QED) is 0.560. The van der Waals surface area contributed by atoms with Gasteiger partial charge in [0.25, 0.3) is 0 Å². The van der Waals surface area contributed by atoms with Gasteiger partial charge in [0.05, 0.1) is 0 Å². The first-order valence-corrected chi connectivity index (χ1v) is 7.07. The van der Waals surface area contributed by atoms with Crippen molar-refractivity contribution in [2.24, 2.45) is 0 Å². The number of hydrogen-bond donors (Lipinski definition) is 0. The van der Waals surface area contributed by atoms with Gasteiger partial charge >= 0.3 is 92.4 Å². The molecular weight excluding hydrogens is 235 g/mol. The predicted octanol–water partition coefficient (Wildman–Crippen LogP) is 2.93. The molecular formula is C13H16Se. The van der Waals surface area contributed by atoms with Gasteiger partial charge in [-0.1, -0.05) is 0 Å². The molecule has 1 saturated carbocycles. The van der Waals surface area contributed by atoms with Crippen molar-refractivity contribution in [1.82, 2.24) is 0 Å². The second-order valence-corrected chi connectivity index (χ2v) is 6.78. The molecule has 14 heavy (non-hydrogen) atoms. The Morgan fingerprint density at radius 3 is 2.71 bits per heavy atom. The summed E-state index contributed by atoms with van der Waals surface area (Å²) >= 11 is 0.657. The van der Waals surface area contributed by atoms with Crippen molar-refractivity contribution in [3.63, 3.8) is 0 Å². The van der Waals surface area contributed by atoms with Gasteiger partial charge in [-0.3, -0.25) is 0 Å². The van der Waals surface area contributed by atoms with E-state index in [1.165, 1.54) is 31.3 Å². The summed E-state index contributed by atoms with van der Waals surface area (Å²) in [6, 6.07) is 10.9. The molecule has 1 aromatic carbocycles. The molecule has 0 radical (unpaired) electrons. The van der Waals surface area contributed by atoms with Gasteiger partial charge in [0.2, 0.25) is 0 Å². The maximum absolute atomic E-state index is 4.12. The minimum absolute atomic E-state index is 0.657. The van der Waals surface area contributed by atoms with E-state index in [2.05, 4.69) is 36.9 Å². The monoisotopic (exact) mass is 252 g/mol. The summed E-state index contributed by atoms with van der Waals surface area (Å²) in [5, 5.41) is 0. The van der Waals surface area contributed by atoms with E-state index >= 15 is 0 Å². The first-order valence-electron chi connectivity index (χ1n) is 5.23. The average molecular weight is 251 g/mol. The molecule has 1 heteroatoms. The second-order valence-electron chi connectivity index (χ2n) is 3.90. The first-order chi connectivity index (χ1) is 6.84. The van der Waals surface area contributed by atoms with E-state index < -0.39 is 0 Å². The fourth-order valence-electron chi connectivity index (χ4n) is 1.90. The van der Waals surface area contributed by atoms with Crippen LogP contribution in [0.25, 0.3) is 0 Å². The normalized spacial score (nSPS) is 22.3. The van der Waals surface area contributed by atoms with E-state index in [1.807, 2.05) is 0 Å². The summed E-state index contributed by atoms with van der Waals surface area (Å²) in [5.41, 5.74) is 1.47. The molecule has 0 bridgehead atoms. The Bertz CT molecular complexity index is 302. The molecule has 0 heterocycles. The van der Waals surface area contributed by atoms with Crippen LogP contribution >= 0.6 is 0 Å². The van der Waals surface area contributed by atoms with Crippen LogP contribution in [0.1, 0.15) is 25.7 Å². The number of benzene rings is 1. The summed E-state index contributed by atoms with van der Waals surface area (Å²) in [6.45, 7) is 4.12. The van der Waals surface area contributed by atoms with Gasteiger partial charge in [-0.2, -0.15) is 0 Å². The molecule has 0 nitrogen and oxygen atoms in total. The molecule has 1 aliphatic rings. The average Bonchev–Trinajstić information content (AvgIpc) is 2.19. The summed E-state index contributed by atoms with van der Waals surface area (Å²) < 4.78 is 1.54. The van der Waals surface area contributed by atoms with Crippen LogP contribution in [0, 0.1) is 0 Å². The molecule has 74 valence electrons. The fraction of sp³-hybridized carbons (Fsp3) is 0.385. The van der Waals surface area contributed by atoms with Gasteiger partial charge in [0, 0.05) is 0 Å². The molecule has 0 aromatic heterocycles. The summed E-state index contributed by atoms with van der Waals surface area (Å²) in [7, 11) is 0. The van der Waals surface area contributed by atoms with Crippen molar-refractivity contribution in [1.29, 1.82) is 0 Å². The van der Waals surface area contributed by atoms with E-state index in [0.717, 1.165) is 4.82 Å². The van der Waals surface area contributed by atoms with Crippen LogP contribution in [0.3, 0.4) is 0 Å². The molecule has 1 atom stereocenters. The standard InChI is InChI=1S/C13H16Se/c1-11-6-5-9-13(10-11)14-12-7-3-2-4-8-12/h2-4,7-8,13H,1,5-6,9-10H2. The first kappa shape index (κ1) is 10.0. The molecule has 0 spiro atoms. The Kier molecular flexibility index (Phi) is 3.44. The third-order valence-electron chi connectivity index (χ3n) is 2.62. The zero-order chi connectivity index (χ0) is 9.80. The molecule has 1 aliphatic carbocycles. The molecule has 0 N–H and O–H groups in total. The second kappa shape index (κ2) is 4.82. The Morgan fingerprint density at radius 1 is 1.21 bits per heavy atom. The SMILES string of the molecule is C=C1CCCC([Se]c2ccccc2)C1. The van der Waals surface area contributed by atoms with Crippen LogP contribution in [0.2, 0.25) is 4.82 Å². The van der Waals surface area contributed by atoms with Crippen LogP contribution in [0.15, 0.2) is 42.5 Å². The fourth-order valence-corrected chi connectivity index (χ4v) is 4.63. The molecule has 2 rings (SSSR count). The van der Waals surface area contributed by atoms with Crippen LogP contribution in [-0.2, 0) is 0 Å². The van der Waals surface area contributed by atoms with E-state index in [-0.39, 0.29) is 0 Å². The van der Waals surface area contributed by atoms with Gasteiger partial charge in [0.15, 0.2) is 0 Å². The topological polar surface area (TPSA) is 0 Å². The Balaban J connectivity index is 1.94. The Morgan fingerprint density at radius 2 is 2.00 bits per heavy atom. The van der Waals surface area contributed by atoms with Crippen molar-refractivity contribution in [3.8, 4) is 0 Å². The number of hydrogen-bond acceptors (Lipinski definition) is 0.